The Labute approximate surface area is 93.9 Å². The van der Waals surface area contributed by atoms with E-state index in [4.69, 9.17) is 5.11 Å². The number of hydrogen-bond acceptors (Lipinski definition) is 5. The second-order valence-electron chi connectivity index (χ2n) is 2.79. The zero-order chi connectivity index (χ0) is 12.1. The topological polar surface area (TPSA) is 110 Å². The van der Waals surface area contributed by atoms with E-state index in [2.05, 4.69) is 5.32 Å². The Morgan fingerprint density at radius 3 is 2.69 bits per heavy atom. The van der Waals surface area contributed by atoms with E-state index in [0.717, 1.165) is 11.3 Å². The van der Waals surface area contributed by atoms with Crippen molar-refractivity contribution in [3.8, 4) is 0 Å². The molecule has 2 N–H and O–H groups in total. The fraction of sp³-hybridized carbons (Fsp3) is 0.250. The molecule has 0 radical (unpaired) electrons. The Hall–Kier alpha value is -1.96. The zero-order valence-electron chi connectivity index (χ0n) is 8.00. The molecule has 0 atom stereocenters. The number of amides is 1. The smallest absolute Gasteiger partial charge is 0.324 e. The van der Waals surface area contributed by atoms with Crippen LogP contribution in [0.1, 0.15) is 16.1 Å². The Morgan fingerprint density at radius 1 is 1.50 bits per heavy atom. The minimum absolute atomic E-state index is 0.000135. The van der Waals surface area contributed by atoms with E-state index in [1.165, 1.54) is 12.1 Å². The number of carboxylic acids is 1. The predicted octanol–water partition coefficient (Wildman–Crippen LogP) is 0.861. The van der Waals surface area contributed by atoms with Crippen molar-refractivity contribution in [3.05, 3.63) is 27.1 Å². The number of carbonyl (C=O) groups excluding carboxylic acids is 1. The highest BCUT2D eigenvalue weighted by Crippen LogP contribution is 2.23. The number of thiophene rings is 1. The maximum Gasteiger partial charge on any atom is 0.324 e. The van der Waals surface area contributed by atoms with Gasteiger partial charge in [-0.15, -0.1) is 0 Å². The first-order valence-corrected chi connectivity index (χ1v) is 5.06. The quantitative estimate of drug-likeness (QED) is 0.589. The van der Waals surface area contributed by atoms with Crippen LogP contribution in [-0.2, 0) is 4.79 Å². The molecule has 0 unspecified atom stereocenters. The normalized spacial score (nSPS) is 9.75. The second kappa shape index (κ2) is 5.21. The molecule has 0 aliphatic heterocycles. The Balaban J connectivity index is 2.53. The van der Waals surface area contributed by atoms with Gasteiger partial charge in [0.2, 0.25) is 0 Å². The lowest BCUT2D eigenvalue weighted by Crippen LogP contribution is -2.25. The molecule has 86 valence electrons. The molecule has 8 heteroatoms. The Morgan fingerprint density at radius 2 is 2.19 bits per heavy atom. The first-order chi connectivity index (χ1) is 7.50. The summed E-state index contributed by atoms with van der Waals surface area (Å²) in [6, 6.07) is 2.57. The highest BCUT2D eigenvalue weighted by atomic mass is 32.1. The summed E-state index contributed by atoms with van der Waals surface area (Å²) in [5.41, 5.74) is 0. The maximum absolute atomic E-state index is 11.3. The molecule has 1 amide bonds. The Kier molecular flexibility index (Phi) is 3.95. The van der Waals surface area contributed by atoms with Gasteiger partial charge < -0.3 is 10.4 Å². The van der Waals surface area contributed by atoms with Crippen LogP contribution in [0.5, 0.6) is 0 Å². The van der Waals surface area contributed by atoms with Crippen LogP contribution in [0.2, 0.25) is 0 Å². The highest BCUT2D eigenvalue weighted by Gasteiger charge is 2.14. The van der Waals surface area contributed by atoms with E-state index in [-0.39, 0.29) is 22.8 Å². The average Bonchev–Trinajstić information content (AvgIpc) is 2.65. The molecular formula is C8H8N2O5S. The predicted molar refractivity (Wildman–Crippen MR) is 55.6 cm³/mol. The van der Waals surface area contributed by atoms with Gasteiger partial charge in [0.25, 0.3) is 5.91 Å². The SMILES string of the molecule is O=C(O)CCNC(=O)c1ccc([N+](=O)[O-])s1. The maximum atomic E-state index is 11.3. The fourth-order valence-electron chi connectivity index (χ4n) is 0.918. The number of nitrogens with zero attached hydrogens (tertiary/aromatic N) is 1. The molecule has 16 heavy (non-hydrogen) atoms. The summed E-state index contributed by atoms with van der Waals surface area (Å²) in [6.45, 7) is -0.000135. The van der Waals surface area contributed by atoms with E-state index in [1.54, 1.807) is 0 Å². The number of aliphatic carboxylic acids is 1. The first kappa shape index (κ1) is 12.1. The van der Waals surface area contributed by atoms with Crippen molar-refractivity contribution in [3.63, 3.8) is 0 Å². The lowest BCUT2D eigenvalue weighted by Gasteiger charge is -1.99. The molecule has 0 spiro atoms. The van der Waals surface area contributed by atoms with Crippen LogP contribution in [0.15, 0.2) is 12.1 Å². The summed E-state index contributed by atoms with van der Waals surface area (Å²) >= 11 is 0.749. The van der Waals surface area contributed by atoms with Crippen molar-refractivity contribution < 1.29 is 19.6 Å². The molecule has 0 fully saturated rings. The molecule has 1 aromatic rings. The zero-order valence-corrected chi connectivity index (χ0v) is 8.82. The molecule has 7 nitrogen and oxygen atoms in total. The van der Waals surface area contributed by atoms with Crippen molar-refractivity contribution in [2.75, 3.05) is 6.54 Å². The fourth-order valence-corrected chi connectivity index (χ4v) is 1.65. The number of carbonyl (C=O) groups is 2. The summed E-state index contributed by atoms with van der Waals surface area (Å²) in [4.78, 5) is 31.5. The van der Waals surface area contributed by atoms with Gasteiger partial charge in [0.1, 0.15) is 0 Å². The van der Waals surface area contributed by atoms with Gasteiger partial charge in [-0.1, -0.05) is 11.3 Å². The molecule has 0 saturated carbocycles. The van der Waals surface area contributed by atoms with Crippen LogP contribution in [0, 0.1) is 10.1 Å². The van der Waals surface area contributed by atoms with Gasteiger partial charge in [0.15, 0.2) is 0 Å². The summed E-state index contributed by atoms with van der Waals surface area (Å²) in [5.74, 6) is -1.52. The molecule has 0 bridgehead atoms. The average molecular weight is 244 g/mol. The van der Waals surface area contributed by atoms with Crippen LogP contribution in [-0.4, -0.2) is 28.5 Å². The van der Waals surface area contributed by atoms with Gasteiger partial charge >= 0.3 is 11.0 Å². The van der Waals surface area contributed by atoms with Gasteiger partial charge in [-0.25, -0.2) is 0 Å². The van der Waals surface area contributed by atoms with Crippen molar-refractivity contribution in [2.45, 2.75) is 6.42 Å². The molecule has 1 aromatic heterocycles. The number of nitro groups is 1. The molecule has 0 aliphatic carbocycles. The number of carboxylic acid groups (broad SMARTS) is 1. The van der Waals surface area contributed by atoms with Crippen molar-refractivity contribution >= 4 is 28.2 Å². The summed E-state index contributed by atoms with van der Waals surface area (Å²) in [7, 11) is 0. The van der Waals surface area contributed by atoms with Crippen LogP contribution in [0.25, 0.3) is 0 Å². The van der Waals surface area contributed by atoms with Gasteiger partial charge in [0.05, 0.1) is 16.2 Å². The van der Waals surface area contributed by atoms with Crippen molar-refractivity contribution in [1.29, 1.82) is 0 Å². The van der Waals surface area contributed by atoms with E-state index < -0.39 is 16.8 Å². The van der Waals surface area contributed by atoms with E-state index in [0.29, 0.717) is 0 Å². The third-order valence-corrected chi connectivity index (χ3v) is 2.66. The molecular weight excluding hydrogens is 236 g/mol. The second-order valence-corrected chi connectivity index (χ2v) is 3.86. The van der Waals surface area contributed by atoms with E-state index in [9.17, 15) is 19.7 Å². The van der Waals surface area contributed by atoms with Gasteiger partial charge in [-0.05, 0) is 6.07 Å². The molecule has 0 aliphatic rings. The van der Waals surface area contributed by atoms with E-state index in [1.807, 2.05) is 0 Å². The number of rotatable bonds is 5. The van der Waals surface area contributed by atoms with Crippen LogP contribution < -0.4 is 5.32 Å². The minimum atomic E-state index is -1.02. The van der Waals surface area contributed by atoms with Crippen LogP contribution >= 0.6 is 11.3 Å². The van der Waals surface area contributed by atoms with Gasteiger partial charge in [-0.3, -0.25) is 19.7 Å². The summed E-state index contributed by atoms with van der Waals surface area (Å²) in [6.07, 6.45) is -0.181. The minimum Gasteiger partial charge on any atom is -0.481 e. The highest BCUT2D eigenvalue weighted by molar-refractivity contribution is 7.17. The number of hydrogen-bond donors (Lipinski definition) is 2. The molecule has 0 aromatic carbocycles. The van der Waals surface area contributed by atoms with Crippen LogP contribution in [0.4, 0.5) is 5.00 Å². The monoisotopic (exact) mass is 244 g/mol. The summed E-state index contributed by atoms with van der Waals surface area (Å²) < 4.78 is 0. The first-order valence-electron chi connectivity index (χ1n) is 4.25. The standard InChI is InChI=1S/C8H8N2O5S/c11-7(12)3-4-9-8(13)5-1-2-6(16-5)10(14)15/h1-2H,3-4H2,(H,9,13)(H,11,12). The molecule has 0 saturated heterocycles. The largest absolute Gasteiger partial charge is 0.481 e. The van der Waals surface area contributed by atoms with Gasteiger partial charge in [-0.2, -0.15) is 0 Å². The van der Waals surface area contributed by atoms with E-state index >= 15 is 0 Å². The lowest BCUT2D eigenvalue weighted by molar-refractivity contribution is -0.380. The van der Waals surface area contributed by atoms with Crippen molar-refractivity contribution in [2.24, 2.45) is 0 Å². The van der Waals surface area contributed by atoms with Crippen molar-refractivity contribution in [1.82, 2.24) is 5.32 Å². The summed E-state index contributed by atoms with van der Waals surface area (Å²) in [5, 5.41) is 20.9. The Bertz CT molecular complexity index is 428. The third kappa shape index (κ3) is 3.31. The van der Waals surface area contributed by atoms with Crippen LogP contribution in [0.3, 0.4) is 0 Å². The number of nitrogens with one attached hydrogen (secondary N) is 1. The molecule has 1 heterocycles. The lowest BCUT2D eigenvalue weighted by atomic mass is 10.4. The molecule has 1 rings (SSSR count). The van der Waals surface area contributed by atoms with Gasteiger partial charge in [0, 0.05) is 12.6 Å². The third-order valence-electron chi connectivity index (χ3n) is 1.62.